The first-order chi connectivity index (χ1) is 28.2. The molecule has 15 heteroatoms. The highest BCUT2D eigenvalue weighted by Gasteiger charge is 2.50. The van der Waals surface area contributed by atoms with Gasteiger partial charge in [0.2, 0.25) is 0 Å². The minimum Gasteiger partial charge on any atom is -0.507 e. The smallest absolute Gasteiger partial charge is 0.312 e. The van der Waals surface area contributed by atoms with E-state index < -0.39 is 89.6 Å². The number of amides is 2. The molecule has 0 aromatic heterocycles. The zero-order valence-electron chi connectivity index (χ0n) is 36.1. The standard InChI is InChI=1S/C45H60N2O13/c1-22-14-13-15-23(2)44(55)46-30-20-32(57-21-33(49)47(9)29-16-11-12-17-29)34-35(40(30)53)39(52)27(6)42-36(34)43(54)45(8,60-42)58-19-18-31(56-10)24(3)41(59-28(7)48)26(5)38(51)25(4)37(22)50/h13-15,18-20,22,24-26,29,31,37-38,41,50-53H,11-12,16-17,21H2,1-10H3,(H,46,55)/b14-13+,19-18+,23-15-. The van der Waals surface area contributed by atoms with Crippen molar-refractivity contribution in [2.24, 2.45) is 23.7 Å². The van der Waals surface area contributed by atoms with Crippen LogP contribution in [0.4, 0.5) is 5.69 Å². The maximum Gasteiger partial charge on any atom is 0.312 e. The fraction of sp³-hybridized carbons (Fsp3) is 0.556. The number of aliphatic hydroxyl groups excluding tert-OH is 2. The summed E-state index contributed by atoms with van der Waals surface area (Å²) in [5.74, 6) is -7.91. The number of aliphatic hydroxyl groups is 2. The third-order valence-corrected chi connectivity index (χ3v) is 12.4. The first kappa shape index (κ1) is 46.0. The lowest BCUT2D eigenvalue weighted by Crippen LogP contribution is -2.46. The van der Waals surface area contributed by atoms with Crippen molar-refractivity contribution >= 4 is 40.0 Å². The number of benzene rings is 2. The van der Waals surface area contributed by atoms with Crippen molar-refractivity contribution in [3.63, 3.8) is 0 Å². The van der Waals surface area contributed by atoms with Gasteiger partial charge < -0.3 is 54.3 Å². The van der Waals surface area contributed by atoms with E-state index in [-0.39, 0.29) is 56.6 Å². The van der Waals surface area contributed by atoms with Crippen LogP contribution >= 0.6 is 0 Å². The number of carbonyl (C=O) groups excluding carboxylic acids is 4. The Morgan fingerprint density at radius 1 is 0.967 bits per heavy atom. The number of hydrogen-bond donors (Lipinski definition) is 5. The van der Waals surface area contributed by atoms with E-state index in [1.807, 2.05) is 0 Å². The first-order valence-corrected chi connectivity index (χ1v) is 20.5. The molecular formula is C45H60N2O13. The lowest BCUT2D eigenvalue weighted by atomic mass is 9.78. The Morgan fingerprint density at radius 3 is 2.27 bits per heavy atom. The number of hydrogen-bond acceptors (Lipinski definition) is 13. The van der Waals surface area contributed by atoms with Gasteiger partial charge in [0.05, 0.1) is 41.2 Å². The second kappa shape index (κ2) is 18.7. The van der Waals surface area contributed by atoms with E-state index in [1.54, 1.807) is 51.8 Å². The Balaban J connectivity index is 1.66. The van der Waals surface area contributed by atoms with Gasteiger partial charge in [-0.25, -0.2) is 0 Å². The topological polar surface area (TPSA) is 211 Å². The molecule has 15 nitrogen and oxygen atoms in total. The molecule has 0 radical (unpaired) electrons. The molecule has 328 valence electrons. The summed E-state index contributed by atoms with van der Waals surface area (Å²) in [5.41, 5.74) is 0.0258. The SMILES string of the molecule is COC1/C=C/OC2(C)Oc3c(C)c(O)c4c(O)c(cc(OCC(=O)N(C)C5CCCC5)c4c3C2=O)NC(=O)/C(C)=C\C=C\C(C)C(O)C(C)C(O)C(C)C(OC(C)=O)C1C. The van der Waals surface area contributed by atoms with E-state index in [9.17, 15) is 39.6 Å². The molecule has 2 aromatic carbocycles. The number of nitrogens with zero attached hydrogens (tertiary/aromatic N) is 1. The zero-order valence-corrected chi connectivity index (χ0v) is 36.1. The van der Waals surface area contributed by atoms with Crippen LogP contribution in [0.15, 0.2) is 42.2 Å². The summed E-state index contributed by atoms with van der Waals surface area (Å²) in [7, 11) is 3.15. The number of fused-ring (bicyclic) bond motifs is 14. The molecule has 3 heterocycles. The molecule has 1 aliphatic carbocycles. The monoisotopic (exact) mass is 836 g/mol. The molecule has 9 atom stereocenters. The predicted octanol–water partition coefficient (Wildman–Crippen LogP) is 5.83. The fourth-order valence-electron chi connectivity index (χ4n) is 8.48. The largest absolute Gasteiger partial charge is 0.507 e. The number of ether oxygens (including phenoxy) is 5. The number of esters is 1. The van der Waals surface area contributed by atoms with Crippen LogP contribution in [0.3, 0.4) is 0 Å². The number of carbonyl (C=O) groups is 4. The molecule has 3 aliphatic heterocycles. The number of phenolic OH excluding ortho intramolecular Hbond substituents is 2. The van der Waals surface area contributed by atoms with Crippen LogP contribution in [0.2, 0.25) is 0 Å². The molecule has 6 rings (SSSR count). The summed E-state index contributed by atoms with van der Waals surface area (Å²) < 4.78 is 29.9. The molecule has 5 N–H and O–H groups in total. The van der Waals surface area contributed by atoms with Gasteiger partial charge in [0.25, 0.3) is 17.6 Å². The second-order valence-corrected chi connectivity index (χ2v) is 16.6. The number of Topliss-reactive ketones (excluding diaryl/α,β-unsaturated/α-hetero) is 1. The van der Waals surface area contributed by atoms with Crippen molar-refractivity contribution in [2.45, 2.75) is 117 Å². The van der Waals surface area contributed by atoms with Crippen molar-refractivity contribution in [1.29, 1.82) is 0 Å². The Bertz CT molecular complexity index is 2070. The molecule has 9 unspecified atom stereocenters. The fourth-order valence-corrected chi connectivity index (χ4v) is 8.48. The van der Waals surface area contributed by atoms with E-state index in [0.717, 1.165) is 25.7 Å². The molecule has 2 amide bonds. The minimum absolute atomic E-state index is 0.0487. The van der Waals surface area contributed by atoms with Gasteiger partial charge in [-0.3, -0.25) is 19.2 Å². The Morgan fingerprint density at radius 2 is 1.63 bits per heavy atom. The molecule has 2 aromatic rings. The average molecular weight is 837 g/mol. The van der Waals surface area contributed by atoms with Gasteiger partial charge in [-0.15, -0.1) is 0 Å². The number of likely N-dealkylation sites (N-methyl/N-ethyl adjacent to an activating group) is 1. The van der Waals surface area contributed by atoms with Gasteiger partial charge in [0.1, 0.15) is 23.4 Å². The summed E-state index contributed by atoms with van der Waals surface area (Å²) in [6, 6.07) is 1.34. The number of anilines is 1. The van der Waals surface area contributed by atoms with Gasteiger partial charge in [0.15, 0.2) is 12.4 Å². The van der Waals surface area contributed by atoms with Gasteiger partial charge in [-0.05, 0) is 32.8 Å². The summed E-state index contributed by atoms with van der Waals surface area (Å²) in [6.07, 6.45) is 7.37. The normalized spacial score (nSPS) is 31.2. The maximum absolute atomic E-state index is 14.5. The van der Waals surface area contributed by atoms with Gasteiger partial charge >= 0.3 is 11.8 Å². The molecule has 1 saturated carbocycles. The second-order valence-electron chi connectivity index (χ2n) is 16.6. The highest BCUT2D eigenvalue weighted by molar-refractivity contribution is 6.21. The molecule has 60 heavy (non-hydrogen) atoms. The summed E-state index contributed by atoms with van der Waals surface area (Å²) in [6.45, 7) is 12.1. The number of methoxy groups -OCH3 is 1. The number of ketones is 1. The van der Waals surface area contributed by atoms with Crippen molar-refractivity contribution in [3.8, 4) is 23.0 Å². The maximum atomic E-state index is 14.5. The Hall–Kier alpha value is -5.12. The quantitative estimate of drug-likeness (QED) is 0.172. The predicted molar refractivity (Wildman–Crippen MR) is 223 cm³/mol. The molecule has 0 saturated heterocycles. The molecule has 5 bridgehead atoms. The Kier molecular flexibility index (Phi) is 14.3. The minimum atomic E-state index is -2.02. The first-order valence-electron chi connectivity index (χ1n) is 20.5. The lowest BCUT2D eigenvalue weighted by molar-refractivity contribution is -0.160. The zero-order chi connectivity index (χ0) is 44.4. The summed E-state index contributed by atoms with van der Waals surface area (Å²) in [5, 5.41) is 48.6. The van der Waals surface area contributed by atoms with E-state index in [4.69, 9.17) is 23.7 Å². The molecule has 1 fully saturated rings. The van der Waals surface area contributed by atoms with Crippen molar-refractivity contribution < 1.29 is 63.3 Å². The molecule has 0 spiro atoms. The summed E-state index contributed by atoms with van der Waals surface area (Å²) >= 11 is 0. The third-order valence-electron chi connectivity index (χ3n) is 12.4. The van der Waals surface area contributed by atoms with E-state index >= 15 is 0 Å². The molecular weight excluding hydrogens is 776 g/mol. The van der Waals surface area contributed by atoms with Crippen molar-refractivity contribution in [2.75, 3.05) is 26.1 Å². The van der Waals surface area contributed by atoms with Crippen LogP contribution in [-0.2, 0) is 28.6 Å². The van der Waals surface area contributed by atoms with Gasteiger partial charge in [-0.2, -0.15) is 0 Å². The number of rotatable bonds is 6. The van der Waals surface area contributed by atoms with Crippen LogP contribution in [0.1, 0.15) is 90.1 Å². The lowest BCUT2D eigenvalue weighted by Gasteiger charge is -2.38. The van der Waals surface area contributed by atoms with Crippen molar-refractivity contribution in [1.82, 2.24) is 4.90 Å². The van der Waals surface area contributed by atoms with E-state index in [0.29, 0.717) is 0 Å². The average Bonchev–Trinajstić information content (AvgIpc) is 3.85. The van der Waals surface area contributed by atoms with Crippen LogP contribution in [0.5, 0.6) is 23.0 Å². The summed E-state index contributed by atoms with van der Waals surface area (Å²) in [4.78, 5) is 55.5. The van der Waals surface area contributed by atoms with Crippen LogP contribution in [0, 0.1) is 30.6 Å². The number of phenols is 2. The Labute approximate surface area is 351 Å². The molecule has 4 aliphatic rings. The number of nitrogens with one attached hydrogen (secondary N) is 1. The number of aromatic hydroxyl groups is 2. The van der Waals surface area contributed by atoms with Gasteiger partial charge in [0, 0.05) is 80.3 Å². The highest BCUT2D eigenvalue weighted by atomic mass is 16.7. The highest BCUT2D eigenvalue weighted by Crippen LogP contribution is 2.54. The van der Waals surface area contributed by atoms with Crippen LogP contribution in [0.25, 0.3) is 10.8 Å². The number of allylic oxidation sites excluding steroid dienone is 2. The van der Waals surface area contributed by atoms with E-state index in [1.165, 1.54) is 59.3 Å². The van der Waals surface area contributed by atoms with Gasteiger partial charge in [-0.1, -0.05) is 58.8 Å². The van der Waals surface area contributed by atoms with Crippen LogP contribution in [-0.4, -0.2) is 106 Å². The third kappa shape index (κ3) is 9.13. The van der Waals surface area contributed by atoms with Crippen LogP contribution < -0.4 is 14.8 Å². The van der Waals surface area contributed by atoms with E-state index in [2.05, 4.69) is 5.32 Å². The van der Waals surface area contributed by atoms with Crippen molar-refractivity contribution in [3.05, 3.63) is 53.3 Å².